The topological polar surface area (TPSA) is 80.9 Å². The van der Waals surface area contributed by atoms with Gasteiger partial charge in [0.1, 0.15) is 21.3 Å². The molecular weight excluding hydrogens is 426 g/mol. The van der Waals surface area contributed by atoms with Gasteiger partial charge in [-0.15, -0.1) is 11.3 Å². The lowest BCUT2D eigenvalue weighted by Gasteiger charge is -2.03. The molecule has 0 saturated heterocycles. The highest BCUT2D eigenvalue weighted by atomic mass is 32.1. The van der Waals surface area contributed by atoms with Crippen LogP contribution in [0.1, 0.15) is 9.67 Å². The molecule has 5 nitrogen and oxygen atoms in total. The van der Waals surface area contributed by atoms with Crippen LogP contribution in [0.5, 0.6) is 0 Å². The SMILES string of the molecule is Nc1c(C(=O)Nc2nc3ccccc3s2)sc2nc(-c3ccc(F)cc3F)ccc12. The number of nitrogen functional groups attached to an aromatic ring is 1. The Bertz CT molecular complexity index is 1410. The second kappa shape index (κ2) is 7.12. The third kappa shape index (κ3) is 3.17. The molecule has 30 heavy (non-hydrogen) atoms. The Balaban J connectivity index is 1.50. The van der Waals surface area contributed by atoms with Gasteiger partial charge in [0.15, 0.2) is 5.13 Å². The quantitative estimate of drug-likeness (QED) is 0.379. The highest BCUT2D eigenvalue weighted by Gasteiger charge is 2.20. The minimum Gasteiger partial charge on any atom is -0.397 e. The van der Waals surface area contributed by atoms with Crippen molar-refractivity contribution in [1.82, 2.24) is 9.97 Å². The number of hydrogen-bond acceptors (Lipinski definition) is 6. The summed E-state index contributed by atoms with van der Waals surface area (Å²) in [6.07, 6.45) is 0. The summed E-state index contributed by atoms with van der Waals surface area (Å²) in [6.45, 7) is 0. The number of thiazole rings is 1. The molecule has 5 rings (SSSR count). The van der Waals surface area contributed by atoms with Crippen LogP contribution in [0.25, 0.3) is 31.7 Å². The smallest absolute Gasteiger partial charge is 0.269 e. The van der Waals surface area contributed by atoms with E-state index in [1.54, 1.807) is 12.1 Å². The number of aromatic nitrogens is 2. The van der Waals surface area contributed by atoms with Gasteiger partial charge in [-0.25, -0.2) is 18.7 Å². The molecule has 148 valence electrons. The highest BCUT2D eigenvalue weighted by molar-refractivity contribution is 7.23. The Labute approximate surface area is 176 Å². The van der Waals surface area contributed by atoms with Crippen LogP contribution < -0.4 is 11.1 Å². The van der Waals surface area contributed by atoms with E-state index in [1.165, 1.54) is 23.5 Å². The number of anilines is 2. The summed E-state index contributed by atoms with van der Waals surface area (Å²) < 4.78 is 28.3. The standard InChI is InChI=1S/C21H12F2N4OS2/c22-10-5-6-11(13(23)9-10)14-8-7-12-17(24)18(30-20(12)25-14)19(28)27-21-26-15-3-1-2-4-16(15)29-21/h1-9H,24H2,(H,26,27,28). The number of thiophene rings is 1. The van der Waals surface area contributed by atoms with Crippen LogP contribution in [-0.2, 0) is 0 Å². The van der Waals surface area contributed by atoms with Crippen molar-refractivity contribution < 1.29 is 13.6 Å². The Hall–Kier alpha value is -3.43. The number of amides is 1. The number of halogens is 2. The molecule has 3 heterocycles. The van der Waals surface area contributed by atoms with Gasteiger partial charge in [-0.1, -0.05) is 23.5 Å². The van der Waals surface area contributed by atoms with Crippen molar-refractivity contribution in [3.05, 3.63) is 71.1 Å². The zero-order valence-electron chi connectivity index (χ0n) is 15.1. The molecule has 3 aromatic heterocycles. The fraction of sp³-hybridized carbons (Fsp3) is 0. The first kappa shape index (κ1) is 18.6. The number of hydrogen-bond donors (Lipinski definition) is 2. The van der Waals surface area contributed by atoms with Crippen molar-refractivity contribution in [2.75, 3.05) is 11.1 Å². The van der Waals surface area contributed by atoms with Crippen LogP contribution in [0.15, 0.2) is 54.6 Å². The summed E-state index contributed by atoms with van der Waals surface area (Å²) in [5, 5.41) is 3.85. The summed E-state index contributed by atoms with van der Waals surface area (Å²) in [5.41, 5.74) is 7.78. The zero-order chi connectivity index (χ0) is 20.8. The van der Waals surface area contributed by atoms with Crippen molar-refractivity contribution in [3.63, 3.8) is 0 Å². The molecule has 3 N–H and O–H groups in total. The van der Waals surface area contributed by atoms with E-state index < -0.39 is 11.6 Å². The molecule has 0 unspecified atom stereocenters. The van der Waals surface area contributed by atoms with Gasteiger partial charge in [-0.2, -0.15) is 0 Å². The number of benzene rings is 2. The molecule has 9 heteroatoms. The predicted octanol–water partition coefficient (Wildman–Crippen LogP) is 5.69. The van der Waals surface area contributed by atoms with Crippen molar-refractivity contribution in [1.29, 1.82) is 0 Å². The molecule has 0 radical (unpaired) electrons. The molecule has 0 spiro atoms. The van der Waals surface area contributed by atoms with Crippen LogP contribution in [0.3, 0.4) is 0 Å². The van der Waals surface area contributed by atoms with E-state index in [2.05, 4.69) is 15.3 Å². The van der Waals surface area contributed by atoms with Gasteiger partial charge in [0, 0.05) is 17.0 Å². The molecule has 0 bridgehead atoms. The van der Waals surface area contributed by atoms with Gasteiger partial charge in [-0.05, 0) is 36.4 Å². The summed E-state index contributed by atoms with van der Waals surface area (Å²) in [4.78, 5) is 22.4. The first-order chi connectivity index (χ1) is 14.5. The minimum absolute atomic E-state index is 0.172. The lowest BCUT2D eigenvalue weighted by molar-refractivity contribution is 0.103. The van der Waals surface area contributed by atoms with E-state index >= 15 is 0 Å². The summed E-state index contributed by atoms with van der Waals surface area (Å²) in [5.74, 6) is -1.75. The van der Waals surface area contributed by atoms with E-state index in [0.717, 1.165) is 27.6 Å². The number of nitrogens with two attached hydrogens (primary N) is 1. The first-order valence-electron chi connectivity index (χ1n) is 8.81. The number of rotatable bonds is 3. The maximum absolute atomic E-state index is 14.1. The van der Waals surface area contributed by atoms with Crippen molar-refractivity contribution in [3.8, 4) is 11.3 Å². The van der Waals surface area contributed by atoms with Gasteiger partial charge in [-0.3, -0.25) is 10.1 Å². The zero-order valence-corrected chi connectivity index (χ0v) is 16.8. The molecule has 0 saturated carbocycles. The average Bonchev–Trinajstić information content (AvgIpc) is 3.28. The summed E-state index contributed by atoms with van der Waals surface area (Å²) in [7, 11) is 0. The second-order valence-corrected chi connectivity index (χ2v) is 8.49. The van der Waals surface area contributed by atoms with Gasteiger partial charge >= 0.3 is 0 Å². The summed E-state index contributed by atoms with van der Waals surface area (Å²) in [6, 6.07) is 14.2. The average molecular weight is 438 g/mol. The van der Waals surface area contributed by atoms with Gasteiger partial charge in [0.25, 0.3) is 5.91 Å². The van der Waals surface area contributed by atoms with Crippen LogP contribution in [0.2, 0.25) is 0 Å². The number of nitrogens with zero attached hydrogens (tertiary/aromatic N) is 2. The lowest BCUT2D eigenvalue weighted by Crippen LogP contribution is -2.11. The minimum atomic E-state index is -0.708. The van der Waals surface area contributed by atoms with E-state index in [9.17, 15) is 13.6 Å². The van der Waals surface area contributed by atoms with Gasteiger partial charge < -0.3 is 5.73 Å². The highest BCUT2D eigenvalue weighted by Crippen LogP contribution is 2.35. The maximum Gasteiger partial charge on any atom is 0.269 e. The van der Waals surface area contributed by atoms with E-state index in [4.69, 9.17) is 5.73 Å². The monoisotopic (exact) mass is 438 g/mol. The Kier molecular flexibility index (Phi) is 4.41. The number of para-hydroxylation sites is 1. The van der Waals surface area contributed by atoms with E-state index in [1.807, 2.05) is 24.3 Å². The van der Waals surface area contributed by atoms with E-state index in [-0.39, 0.29) is 11.5 Å². The Morgan fingerprint density at radius 3 is 2.63 bits per heavy atom. The molecule has 0 atom stereocenters. The van der Waals surface area contributed by atoms with Crippen LogP contribution in [-0.4, -0.2) is 15.9 Å². The molecule has 0 aliphatic rings. The fourth-order valence-electron chi connectivity index (χ4n) is 3.09. The third-order valence-electron chi connectivity index (χ3n) is 4.52. The number of fused-ring (bicyclic) bond motifs is 2. The molecule has 2 aromatic carbocycles. The van der Waals surface area contributed by atoms with Crippen LogP contribution >= 0.6 is 22.7 Å². The molecule has 0 aliphatic carbocycles. The van der Waals surface area contributed by atoms with Crippen LogP contribution in [0.4, 0.5) is 19.6 Å². The van der Waals surface area contributed by atoms with E-state index in [0.29, 0.717) is 31.6 Å². The molecule has 0 aliphatic heterocycles. The van der Waals surface area contributed by atoms with Crippen molar-refractivity contribution >= 4 is 59.8 Å². The molecule has 0 fully saturated rings. The van der Waals surface area contributed by atoms with Gasteiger partial charge in [0.05, 0.1) is 21.6 Å². The third-order valence-corrected chi connectivity index (χ3v) is 6.59. The Morgan fingerprint density at radius 1 is 1.00 bits per heavy atom. The predicted molar refractivity (Wildman–Crippen MR) is 117 cm³/mol. The van der Waals surface area contributed by atoms with Crippen LogP contribution in [0, 0.1) is 11.6 Å². The largest absolute Gasteiger partial charge is 0.397 e. The molecular formula is C21H12F2N4OS2. The summed E-state index contributed by atoms with van der Waals surface area (Å²) >= 11 is 2.48. The maximum atomic E-state index is 14.1. The number of carbonyl (C=O) groups is 1. The first-order valence-corrected chi connectivity index (χ1v) is 10.4. The second-order valence-electron chi connectivity index (χ2n) is 6.46. The van der Waals surface area contributed by atoms with Crippen molar-refractivity contribution in [2.45, 2.75) is 0 Å². The van der Waals surface area contributed by atoms with Crippen molar-refractivity contribution in [2.24, 2.45) is 0 Å². The normalized spacial score (nSPS) is 11.3. The fourth-order valence-corrected chi connectivity index (χ4v) is 4.94. The number of pyridine rings is 1. The lowest BCUT2D eigenvalue weighted by atomic mass is 10.1. The number of carbonyl (C=O) groups excluding carboxylic acids is 1. The van der Waals surface area contributed by atoms with Gasteiger partial charge in [0.2, 0.25) is 0 Å². The number of nitrogens with one attached hydrogen (secondary N) is 1. The Morgan fingerprint density at radius 2 is 1.83 bits per heavy atom. The molecule has 1 amide bonds. The molecule has 5 aromatic rings.